The van der Waals surface area contributed by atoms with Gasteiger partial charge in [0.05, 0.1) is 41.2 Å². The Bertz CT molecular complexity index is 1240. The number of nitrogens with zero attached hydrogens (tertiary/aromatic N) is 2. The fraction of sp³-hybridized carbons (Fsp3) is 0.227. The van der Waals surface area contributed by atoms with Crippen LogP contribution in [-0.2, 0) is 23.9 Å². The summed E-state index contributed by atoms with van der Waals surface area (Å²) in [5.41, 5.74) is 1.71. The van der Waals surface area contributed by atoms with Crippen LogP contribution in [0.15, 0.2) is 58.9 Å². The summed E-state index contributed by atoms with van der Waals surface area (Å²) < 4.78 is 16.7. The molecule has 0 N–H and O–H groups in total. The molecule has 0 radical (unpaired) electrons. The third-order valence-electron chi connectivity index (χ3n) is 4.86. The van der Waals surface area contributed by atoms with Gasteiger partial charge < -0.3 is 19.1 Å². The Morgan fingerprint density at radius 2 is 1.49 bits per heavy atom. The first-order valence-electron chi connectivity index (χ1n) is 10.0. The van der Waals surface area contributed by atoms with E-state index in [4.69, 9.17) is 26.4 Å². The van der Waals surface area contributed by atoms with Crippen molar-refractivity contribution in [1.82, 2.24) is 4.90 Å². The SMILES string of the molecule is CCN1C2=C(SC(=S)C1=C1SC(C(=O)OC)=C(C(=O)OC)S1)SC(=Nc1ccc(OC)cc1)C2=O. The molecule has 0 aliphatic carbocycles. The Labute approximate surface area is 224 Å². The third kappa shape index (κ3) is 4.92. The first-order valence-corrected chi connectivity index (χ1v) is 13.7. The molecule has 0 amide bonds. The number of aliphatic imine (C=N–C) groups is 1. The molecule has 0 unspecified atom stereocenters. The molecule has 0 aromatic heterocycles. The van der Waals surface area contributed by atoms with Gasteiger partial charge in [0, 0.05) is 6.54 Å². The first-order chi connectivity index (χ1) is 16.8. The second-order valence-corrected chi connectivity index (χ2v) is 12.0. The highest BCUT2D eigenvalue weighted by Gasteiger charge is 2.43. The minimum absolute atomic E-state index is 0.129. The largest absolute Gasteiger partial charge is 0.497 e. The van der Waals surface area contributed by atoms with Crippen LogP contribution in [0.2, 0.25) is 0 Å². The second-order valence-electron chi connectivity index (χ2n) is 6.80. The molecule has 8 nitrogen and oxygen atoms in total. The van der Waals surface area contributed by atoms with E-state index in [2.05, 4.69) is 4.99 Å². The van der Waals surface area contributed by atoms with Crippen LogP contribution in [0.25, 0.3) is 0 Å². The van der Waals surface area contributed by atoms with Crippen LogP contribution < -0.4 is 4.74 Å². The minimum atomic E-state index is -0.641. The molecule has 0 fully saturated rings. The number of methoxy groups -OCH3 is 3. The van der Waals surface area contributed by atoms with Crippen molar-refractivity contribution in [3.63, 3.8) is 0 Å². The topological polar surface area (TPSA) is 94.5 Å². The number of hydrogen-bond donors (Lipinski definition) is 0. The number of esters is 2. The molecule has 1 aromatic rings. The summed E-state index contributed by atoms with van der Waals surface area (Å²) in [4.78, 5) is 44.7. The lowest BCUT2D eigenvalue weighted by atomic mass is 10.2. The summed E-state index contributed by atoms with van der Waals surface area (Å²) in [6.07, 6.45) is 0. The Kier molecular flexibility index (Phi) is 8.01. The van der Waals surface area contributed by atoms with E-state index >= 15 is 0 Å². The molecule has 182 valence electrons. The molecule has 3 heterocycles. The van der Waals surface area contributed by atoms with Crippen LogP contribution in [0.1, 0.15) is 6.92 Å². The number of likely N-dealkylation sites (N-methyl/N-ethyl adjacent to an activating group) is 1. The van der Waals surface area contributed by atoms with Crippen molar-refractivity contribution in [3.05, 3.63) is 53.9 Å². The van der Waals surface area contributed by atoms with E-state index < -0.39 is 11.9 Å². The van der Waals surface area contributed by atoms with Crippen molar-refractivity contribution in [2.75, 3.05) is 27.9 Å². The zero-order chi connectivity index (χ0) is 25.3. The minimum Gasteiger partial charge on any atom is -0.497 e. The van der Waals surface area contributed by atoms with Crippen LogP contribution in [0.5, 0.6) is 5.75 Å². The van der Waals surface area contributed by atoms with E-state index in [1.807, 2.05) is 11.8 Å². The molecule has 4 rings (SSSR count). The average molecular weight is 567 g/mol. The molecule has 1 aromatic carbocycles. The van der Waals surface area contributed by atoms with E-state index in [1.54, 1.807) is 31.4 Å². The highest BCUT2D eigenvalue weighted by Crippen LogP contribution is 2.56. The smallest absolute Gasteiger partial charge is 0.346 e. The predicted octanol–water partition coefficient (Wildman–Crippen LogP) is 4.81. The van der Waals surface area contributed by atoms with Gasteiger partial charge in [-0.05, 0) is 31.2 Å². The number of ketones is 1. The predicted molar refractivity (Wildman–Crippen MR) is 146 cm³/mol. The highest BCUT2D eigenvalue weighted by atomic mass is 32.2. The number of Topliss-reactive ketones (excluding diaryl/α,β-unsaturated/α-hetero) is 1. The van der Waals surface area contributed by atoms with E-state index in [9.17, 15) is 14.4 Å². The Hall–Kier alpha value is -2.19. The molecule has 0 spiro atoms. The second kappa shape index (κ2) is 10.8. The molecule has 35 heavy (non-hydrogen) atoms. The Morgan fingerprint density at radius 3 is 2.00 bits per heavy atom. The Balaban J connectivity index is 1.69. The number of carbonyl (C=O) groups is 3. The van der Waals surface area contributed by atoms with Gasteiger partial charge in [0.1, 0.15) is 25.5 Å². The van der Waals surface area contributed by atoms with Gasteiger partial charge in [-0.1, -0.05) is 59.3 Å². The molecule has 0 atom stereocenters. The number of benzene rings is 1. The lowest BCUT2D eigenvalue weighted by Gasteiger charge is -2.31. The number of carbonyl (C=O) groups excluding carboxylic acids is 3. The lowest BCUT2D eigenvalue weighted by Crippen LogP contribution is -2.32. The maximum atomic E-state index is 13.4. The number of allylic oxidation sites excluding steroid dienone is 1. The van der Waals surface area contributed by atoms with Crippen molar-refractivity contribution in [2.24, 2.45) is 4.99 Å². The van der Waals surface area contributed by atoms with E-state index in [0.29, 0.717) is 42.9 Å². The summed E-state index contributed by atoms with van der Waals surface area (Å²) in [6.45, 7) is 2.35. The number of thiocarbonyl (C=S) groups is 1. The molecular weight excluding hydrogens is 549 g/mol. The zero-order valence-electron chi connectivity index (χ0n) is 18.9. The number of hydrogen-bond acceptors (Lipinski definition) is 13. The van der Waals surface area contributed by atoms with Gasteiger partial charge in [-0.25, -0.2) is 14.6 Å². The van der Waals surface area contributed by atoms with Gasteiger partial charge in [-0.3, -0.25) is 4.79 Å². The standard InChI is InChI=1S/C22H18N2O6S5/c1-5-24-12-14(25)17(23-10-6-8-11(28-2)9-7-10)34-21(12)35-20(31)13(24)22-32-15(18(26)29-3)16(33-22)19(27)30-4/h6-9H,5H2,1-4H3. The highest BCUT2D eigenvalue weighted by molar-refractivity contribution is 8.39. The maximum Gasteiger partial charge on any atom is 0.346 e. The van der Waals surface area contributed by atoms with Gasteiger partial charge >= 0.3 is 11.9 Å². The van der Waals surface area contributed by atoms with Gasteiger partial charge in [0.2, 0.25) is 5.78 Å². The van der Waals surface area contributed by atoms with Crippen LogP contribution >= 0.6 is 59.3 Å². The van der Waals surface area contributed by atoms with Crippen molar-refractivity contribution in [1.29, 1.82) is 0 Å². The van der Waals surface area contributed by atoms with Crippen molar-refractivity contribution >= 4 is 91.9 Å². The zero-order valence-corrected chi connectivity index (χ0v) is 23.0. The van der Waals surface area contributed by atoms with Crippen molar-refractivity contribution < 1.29 is 28.6 Å². The molecule has 3 aliphatic heterocycles. The number of ether oxygens (including phenoxy) is 3. The molecule has 3 aliphatic rings. The van der Waals surface area contributed by atoms with Gasteiger partial charge in [-0.15, -0.1) is 0 Å². The fourth-order valence-corrected chi connectivity index (χ4v) is 8.96. The van der Waals surface area contributed by atoms with Crippen LogP contribution in [-0.4, -0.2) is 59.7 Å². The van der Waals surface area contributed by atoms with Crippen molar-refractivity contribution in [2.45, 2.75) is 6.92 Å². The van der Waals surface area contributed by atoms with Gasteiger partial charge in [0.15, 0.2) is 5.04 Å². The maximum absolute atomic E-state index is 13.4. The quantitative estimate of drug-likeness (QED) is 0.278. The van der Waals surface area contributed by atoms with Gasteiger partial charge in [-0.2, -0.15) is 0 Å². The molecule has 0 saturated heterocycles. The summed E-state index contributed by atoms with van der Waals surface area (Å²) >= 11 is 10.5. The third-order valence-corrected chi connectivity index (χ3v) is 9.95. The van der Waals surface area contributed by atoms with Crippen LogP contribution in [0.3, 0.4) is 0 Å². The van der Waals surface area contributed by atoms with E-state index in [-0.39, 0.29) is 15.6 Å². The molecule has 13 heteroatoms. The lowest BCUT2D eigenvalue weighted by molar-refractivity contribution is -0.138. The van der Waals surface area contributed by atoms with Crippen LogP contribution in [0.4, 0.5) is 5.69 Å². The van der Waals surface area contributed by atoms with Crippen molar-refractivity contribution in [3.8, 4) is 5.75 Å². The average Bonchev–Trinajstić information content (AvgIpc) is 3.44. The van der Waals surface area contributed by atoms with E-state index in [1.165, 1.54) is 37.7 Å². The first kappa shape index (κ1) is 25.9. The van der Waals surface area contributed by atoms with E-state index in [0.717, 1.165) is 27.8 Å². The number of rotatable bonds is 5. The molecular formula is C22H18N2O6S5. The summed E-state index contributed by atoms with van der Waals surface area (Å²) in [5.74, 6) is -0.795. The normalized spacial score (nSPS) is 19.1. The summed E-state index contributed by atoms with van der Waals surface area (Å²) in [5, 5.41) is 0.343. The van der Waals surface area contributed by atoms with Gasteiger partial charge in [0.25, 0.3) is 0 Å². The molecule has 0 saturated carbocycles. The Morgan fingerprint density at radius 1 is 0.914 bits per heavy atom. The monoisotopic (exact) mass is 566 g/mol. The summed E-state index contributed by atoms with van der Waals surface area (Å²) in [6, 6.07) is 7.11. The fourth-order valence-electron chi connectivity index (χ4n) is 3.24. The van der Waals surface area contributed by atoms with Crippen LogP contribution in [0, 0.1) is 0 Å². The summed E-state index contributed by atoms with van der Waals surface area (Å²) in [7, 11) is 4.07. The molecule has 0 bridgehead atoms. The number of thioether (sulfide) groups is 4.